The van der Waals surface area contributed by atoms with Crippen LogP contribution >= 0.6 is 11.8 Å². The van der Waals surface area contributed by atoms with Gasteiger partial charge in [0, 0.05) is 55.5 Å². The van der Waals surface area contributed by atoms with Gasteiger partial charge in [-0.2, -0.15) is 0 Å². The average molecular weight is 800 g/mol. The summed E-state index contributed by atoms with van der Waals surface area (Å²) in [6, 6.07) is 28.1. The van der Waals surface area contributed by atoms with E-state index >= 15 is 4.79 Å². The first-order chi connectivity index (χ1) is 26.9. The van der Waals surface area contributed by atoms with Gasteiger partial charge in [-0.05, 0) is 74.3 Å². The number of amides is 1. The SMILES string of the molecule is COC1(/C=C\c2ccccc2)CCN(c2ccc(C(=O)N3c4c(cccc4[N+](=O)[O-])C(=O)OCCN(C)CC[C@@H]3C(Sc3ccccc3)S(N)(=O)=O)cc2)CC1. The molecule has 1 unspecified atom stereocenters. The van der Waals surface area contributed by atoms with Crippen LogP contribution in [0.25, 0.3) is 6.08 Å². The van der Waals surface area contributed by atoms with Crippen LogP contribution in [0.2, 0.25) is 0 Å². The minimum Gasteiger partial charge on any atom is -0.461 e. The molecule has 2 heterocycles. The Hall–Kier alpha value is -5.06. The summed E-state index contributed by atoms with van der Waals surface area (Å²) >= 11 is 0.935. The van der Waals surface area contributed by atoms with Crippen LogP contribution < -0.4 is 14.9 Å². The second kappa shape index (κ2) is 17.8. The van der Waals surface area contributed by atoms with Crippen LogP contribution in [0.4, 0.5) is 17.1 Å². The van der Waals surface area contributed by atoms with Crippen LogP contribution in [-0.4, -0.2) is 93.3 Å². The number of rotatable bonds is 10. The Bertz CT molecular complexity index is 2150. The Morgan fingerprint density at radius 2 is 1.62 bits per heavy atom. The van der Waals surface area contributed by atoms with Crippen LogP contribution in [0, 0.1) is 10.1 Å². The van der Waals surface area contributed by atoms with Crippen molar-refractivity contribution in [1.82, 2.24) is 4.90 Å². The summed E-state index contributed by atoms with van der Waals surface area (Å²) in [5.41, 5.74) is 0.473. The van der Waals surface area contributed by atoms with Gasteiger partial charge in [-0.15, -0.1) is 11.8 Å². The van der Waals surface area contributed by atoms with Crippen molar-refractivity contribution < 1.29 is 32.4 Å². The summed E-state index contributed by atoms with van der Waals surface area (Å²) in [4.78, 5) is 46.3. The molecule has 1 fully saturated rings. The predicted octanol–water partition coefficient (Wildman–Crippen LogP) is 6.21. The van der Waals surface area contributed by atoms with Gasteiger partial charge in [0.15, 0.2) is 0 Å². The van der Waals surface area contributed by atoms with Crippen molar-refractivity contribution in [3.63, 3.8) is 0 Å². The van der Waals surface area contributed by atoms with Gasteiger partial charge in [0.25, 0.3) is 11.6 Å². The monoisotopic (exact) mass is 799 g/mol. The maximum atomic E-state index is 15.0. The fraction of sp³-hybridized carbons (Fsp3) is 0.317. The van der Waals surface area contributed by atoms with Crippen LogP contribution in [0.3, 0.4) is 0 Å². The third kappa shape index (κ3) is 9.48. The standard InChI is InChI=1S/C41H45N5O8S2/c1-43-25-21-36(40(56(42,51)52)55-33-12-7-4-8-13-33)45(37-34(39(48)54-29-28-43)14-9-15-35(37)46(49)50)38(47)31-16-18-32(19-17-31)44-26-23-41(53-2,24-27-44)22-20-30-10-5-3-6-11-30/h3-20,22,36,40H,21,23-29H2,1-2H3,(H2,42,51,52)/b22-20-/t36-,40?/m1/s1. The molecule has 15 heteroatoms. The smallest absolute Gasteiger partial charge is 0.340 e. The minimum absolute atomic E-state index is 0.0275. The van der Waals surface area contributed by atoms with Gasteiger partial charge in [0.05, 0.1) is 22.1 Å². The van der Waals surface area contributed by atoms with Gasteiger partial charge in [0.1, 0.15) is 16.9 Å². The number of sulfonamides is 1. The Balaban J connectivity index is 1.39. The number of thioether (sulfide) groups is 1. The highest BCUT2D eigenvalue weighted by Crippen LogP contribution is 2.41. The summed E-state index contributed by atoms with van der Waals surface area (Å²) in [5.74, 6) is -1.62. The number of para-hydroxylation sites is 1. The molecule has 2 aliphatic rings. The average Bonchev–Trinajstić information content (AvgIpc) is 3.23. The first kappa shape index (κ1) is 40.6. The molecule has 294 valence electrons. The molecule has 2 atom stereocenters. The zero-order valence-corrected chi connectivity index (χ0v) is 32.9. The molecule has 0 bridgehead atoms. The molecule has 56 heavy (non-hydrogen) atoms. The molecular formula is C41H45N5O8S2. The second-order valence-corrected chi connectivity index (χ2v) is 17.0. The summed E-state index contributed by atoms with van der Waals surface area (Å²) in [5, 5.41) is 18.6. The van der Waals surface area contributed by atoms with Crippen molar-refractivity contribution >= 4 is 56.8 Å². The number of benzene rings is 4. The molecule has 4 aromatic rings. The lowest BCUT2D eigenvalue weighted by Gasteiger charge is -2.40. The number of nitrogens with zero attached hydrogens (tertiary/aromatic N) is 4. The number of cyclic esters (lactones) is 1. The van der Waals surface area contributed by atoms with Crippen LogP contribution in [0.5, 0.6) is 0 Å². The highest BCUT2D eigenvalue weighted by molar-refractivity contribution is 8.12. The Kier molecular flexibility index (Phi) is 12.9. The molecule has 1 saturated heterocycles. The summed E-state index contributed by atoms with van der Waals surface area (Å²) < 4.78 is 37.2. The van der Waals surface area contributed by atoms with Gasteiger partial charge in [0.2, 0.25) is 10.0 Å². The number of nitro groups is 1. The van der Waals surface area contributed by atoms with Crippen molar-refractivity contribution in [3.8, 4) is 0 Å². The molecule has 0 radical (unpaired) electrons. The number of carbonyl (C=O) groups is 2. The summed E-state index contributed by atoms with van der Waals surface area (Å²) in [6.45, 7) is 1.88. The number of ether oxygens (including phenoxy) is 2. The van der Waals surface area contributed by atoms with E-state index in [1.54, 1.807) is 68.8 Å². The van der Waals surface area contributed by atoms with Crippen LogP contribution in [-0.2, 0) is 19.5 Å². The van der Waals surface area contributed by atoms with E-state index in [0.29, 0.717) is 24.5 Å². The van der Waals surface area contributed by atoms with E-state index in [0.717, 1.165) is 40.8 Å². The van der Waals surface area contributed by atoms with Crippen LogP contribution in [0.15, 0.2) is 114 Å². The minimum atomic E-state index is -4.45. The number of nitro benzene ring substituents is 1. The zero-order chi connectivity index (χ0) is 39.9. The number of hydrogen-bond acceptors (Lipinski definition) is 11. The summed E-state index contributed by atoms with van der Waals surface area (Å²) in [6.07, 6.45) is 5.67. The maximum Gasteiger partial charge on any atom is 0.340 e. The van der Waals surface area contributed by atoms with Crippen molar-refractivity contribution in [2.24, 2.45) is 5.14 Å². The lowest BCUT2D eigenvalue weighted by Crippen LogP contribution is -2.52. The molecular weight excluding hydrogens is 755 g/mol. The highest BCUT2D eigenvalue weighted by Gasteiger charge is 2.44. The van der Waals surface area contributed by atoms with Gasteiger partial charge in [-0.1, -0.05) is 66.7 Å². The highest BCUT2D eigenvalue weighted by atomic mass is 32.3. The number of hydrogen-bond donors (Lipinski definition) is 1. The first-order valence-electron chi connectivity index (χ1n) is 18.2. The number of anilines is 2. The quantitative estimate of drug-likeness (QED) is 0.0840. The molecule has 4 aromatic carbocycles. The third-order valence-electron chi connectivity index (χ3n) is 10.2. The largest absolute Gasteiger partial charge is 0.461 e. The number of fused-ring (bicyclic) bond motifs is 1. The topological polar surface area (TPSA) is 166 Å². The van der Waals surface area contributed by atoms with E-state index < -0.39 is 48.7 Å². The molecule has 0 aromatic heterocycles. The first-order valence-corrected chi connectivity index (χ1v) is 20.7. The van der Waals surface area contributed by atoms with Crippen molar-refractivity contribution in [1.29, 1.82) is 0 Å². The molecule has 6 rings (SSSR count). The number of esters is 1. The Morgan fingerprint density at radius 1 is 0.964 bits per heavy atom. The summed E-state index contributed by atoms with van der Waals surface area (Å²) in [7, 11) is -0.956. The number of carbonyl (C=O) groups excluding carboxylic acids is 2. The Morgan fingerprint density at radius 3 is 2.25 bits per heavy atom. The van der Waals surface area contributed by atoms with Crippen molar-refractivity contribution in [2.75, 3.05) is 56.7 Å². The molecule has 0 spiro atoms. The van der Waals surface area contributed by atoms with E-state index in [2.05, 4.69) is 17.1 Å². The Labute approximate surface area is 331 Å². The number of nitrogens with two attached hydrogens (primary N) is 1. The number of methoxy groups -OCH3 is 1. The number of piperidine rings is 1. The van der Waals surface area contributed by atoms with Gasteiger partial charge < -0.3 is 19.3 Å². The van der Waals surface area contributed by atoms with Crippen molar-refractivity contribution in [3.05, 3.63) is 136 Å². The van der Waals surface area contributed by atoms with E-state index in [9.17, 15) is 23.3 Å². The lowest BCUT2D eigenvalue weighted by molar-refractivity contribution is -0.384. The molecule has 0 saturated carbocycles. The van der Waals surface area contributed by atoms with E-state index in [1.165, 1.54) is 18.2 Å². The van der Waals surface area contributed by atoms with E-state index in [-0.39, 0.29) is 36.4 Å². The molecule has 2 N–H and O–H groups in total. The van der Waals surface area contributed by atoms with E-state index in [1.807, 2.05) is 35.2 Å². The maximum absolute atomic E-state index is 15.0. The number of primary sulfonamides is 1. The van der Waals surface area contributed by atoms with Gasteiger partial charge in [-0.25, -0.2) is 18.4 Å². The molecule has 13 nitrogen and oxygen atoms in total. The number of likely N-dealkylation sites (N-methyl/N-ethyl adjacent to an activating group) is 1. The fourth-order valence-corrected chi connectivity index (χ4v) is 9.65. The van der Waals surface area contributed by atoms with Gasteiger partial charge in [-0.3, -0.25) is 19.8 Å². The molecule has 1 amide bonds. The molecule has 2 aliphatic heterocycles. The molecule has 0 aliphatic carbocycles. The van der Waals surface area contributed by atoms with Crippen LogP contribution in [0.1, 0.15) is 45.5 Å². The van der Waals surface area contributed by atoms with Crippen molar-refractivity contribution in [2.45, 2.75) is 40.4 Å². The zero-order valence-electron chi connectivity index (χ0n) is 31.2. The second-order valence-electron chi connectivity index (χ2n) is 13.8. The normalized spacial score (nSPS) is 18.8. The lowest BCUT2D eigenvalue weighted by atomic mass is 9.89. The fourth-order valence-electron chi connectivity index (χ4n) is 7.08. The third-order valence-corrected chi connectivity index (χ3v) is 13.4. The van der Waals surface area contributed by atoms with Gasteiger partial charge >= 0.3 is 5.97 Å². The van der Waals surface area contributed by atoms with E-state index in [4.69, 9.17) is 14.6 Å². The predicted molar refractivity (Wildman–Crippen MR) is 218 cm³/mol.